The fraction of sp³-hybridized carbons (Fsp3) is 0.500. The predicted octanol–water partition coefficient (Wildman–Crippen LogP) is 1.48. The fourth-order valence-corrected chi connectivity index (χ4v) is 1.65. The van der Waals surface area contributed by atoms with Gasteiger partial charge in [-0.2, -0.15) is 0 Å². The first kappa shape index (κ1) is 14.5. The van der Waals surface area contributed by atoms with Crippen molar-refractivity contribution in [1.82, 2.24) is 5.32 Å². The lowest BCUT2D eigenvalue weighted by atomic mass is 9.99. The van der Waals surface area contributed by atoms with Crippen LogP contribution in [0.4, 0.5) is 5.69 Å². The van der Waals surface area contributed by atoms with Crippen molar-refractivity contribution < 1.29 is 9.90 Å². The highest BCUT2D eigenvalue weighted by molar-refractivity contribution is 5.77. The molecule has 0 aliphatic carbocycles. The Kier molecular flexibility index (Phi) is 5.16. The van der Waals surface area contributed by atoms with Crippen LogP contribution in [0.2, 0.25) is 0 Å². The molecule has 0 aliphatic rings. The lowest BCUT2D eigenvalue weighted by Gasteiger charge is -2.27. The summed E-state index contributed by atoms with van der Waals surface area (Å²) in [6.45, 7) is 3.73. The molecule has 0 radical (unpaired) electrons. The molecule has 18 heavy (non-hydrogen) atoms. The monoisotopic (exact) mass is 250 g/mol. The third-order valence-electron chi connectivity index (χ3n) is 3.16. The molecule has 0 fully saturated rings. The smallest absolute Gasteiger partial charge is 0.220 e. The number of anilines is 1. The number of hydrogen-bond acceptors (Lipinski definition) is 3. The highest BCUT2D eigenvalue weighted by Crippen LogP contribution is 2.11. The first-order chi connectivity index (χ1) is 8.49. The zero-order valence-corrected chi connectivity index (χ0v) is 11.1. The topological polar surface area (TPSA) is 75.3 Å². The summed E-state index contributed by atoms with van der Waals surface area (Å²) in [5.74, 6) is -0.0455. The highest BCUT2D eigenvalue weighted by atomic mass is 16.3. The minimum atomic E-state index is -0.521. The molecule has 1 unspecified atom stereocenters. The highest BCUT2D eigenvalue weighted by Gasteiger charge is 2.22. The molecule has 0 bridgehead atoms. The summed E-state index contributed by atoms with van der Waals surface area (Å²) in [7, 11) is 0. The van der Waals surface area contributed by atoms with E-state index in [1.54, 1.807) is 0 Å². The molecule has 100 valence electrons. The largest absolute Gasteiger partial charge is 0.399 e. The number of carbonyl (C=O) groups is 1. The van der Waals surface area contributed by atoms with E-state index in [0.29, 0.717) is 24.9 Å². The summed E-state index contributed by atoms with van der Waals surface area (Å²) >= 11 is 0. The number of aliphatic hydroxyl groups excluding tert-OH is 1. The standard InChI is InChI=1S/C14H22N2O2/c1-3-14(2,10-17)16-13(18)8-7-11-5-4-6-12(15)9-11/h4-6,9,17H,3,7-8,10,15H2,1-2H3,(H,16,18). The van der Waals surface area contributed by atoms with Gasteiger partial charge < -0.3 is 16.2 Å². The van der Waals surface area contributed by atoms with Crippen molar-refractivity contribution in [3.63, 3.8) is 0 Å². The Labute approximate surface area is 108 Å². The molecule has 4 nitrogen and oxygen atoms in total. The van der Waals surface area contributed by atoms with E-state index in [9.17, 15) is 9.90 Å². The molecule has 1 rings (SSSR count). The number of benzene rings is 1. The van der Waals surface area contributed by atoms with Gasteiger partial charge in [0.1, 0.15) is 0 Å². The average molecular weight is 250 g/mol. The molecule has 0 aliphatic heterocycles. The molecule has 4 heteroatoms. The Balaban J connectivity index is 2.47. The first-order valence-electron chi connectivity index (χ1n) is 6.25. The lowest BCUT2D eigenvalue weighted by molar-refractivity contribution is -0.123. The Hall–Kier alpha value is -1.55. The number of aryl methyl sites for hydroxylation is 1. The molecule has 0 spiro atoms. The van der Waals surface area contributed by atoms with Crippen LogP contribution < -0.4 is 11.1 Å². The number of rotatable bonds is 6. The van der Waals surface area contributed by atoms with E-state index >= 15 is 0 Å². The molecular weight excluding hydrogens is 228 g/mol. The van der Waals surface area contributed by atoms with Gasteiger partial charge in [-0.25, -0.2) is 0 Å². The van der Waals surface area contributed by atoms with Gasteiger partial charge in [0.05, 0.1) is 12.1 Å². The maximum absolute atomic E-state index is 11.8. The third kappa shape index (κ3) is 4.37. The maximum Gasteiger partial charge on any atom is 0.220 e. The molecule has 0 aromatic heterocycles. The summed E-state index contributed by atoms with van der Waals surface area (Å²) in [6.07, 6.45) is 1.76. The van der Waals surface area contributed by atoms with Crippen LogP contribution in [0.15, 0.2) is 24.3 Å². The molecule has 1 aromatic carbocycles. The van der Waals surface area contributed by atoms with Crippen molar-refractivity contribution in [3.8, 4) is 0 Å². The van der Waals surface area contributed by atoms with Crippen LogP contribution in [0, 0.1) is 0 Å². The van der Waals surface area contributed by atoms with Gasteiger partial charge >= 0.3 is 0 Å². The van der Waals surface area contributed by atoms with Gasteiger partial charge in [0.25, 0.3) is 0 Å². The van der Waals surface area contributed by atoms with Crippen molar-refractivity contribution in [2.24, 2.45) is 0 Å². The molecule has 1 aromatic rings. The molecule has 0 saturated heterocycles. The summed E-state index contributed by atoms with van der Waals surface area (Å²) in [4.78, 5) is 11.8. The number of nitrogens with one attached hydrogen (secondary N) is 1. The minimum Gasteiger partial charge on any atom is -0.399 e. The van der Waals surface area contributed by atoms with Gasteiger partial charge in [0, 0.05) is 12.1 Å². The van der Waals surface area contributed by atoms with E-state index in [0.717, 1.165) is 5.56 Å². The van der Waals surface area contributed by atoms with Gasteiger partial charge in [0.15, 0.2) is 0 Å². The Morgan fingerprint density at radius 2 is 2.22 bits per heavy atom. The predicted molar refractivity (Wildman–Crippen MR) is 73.1 cm³/mol. The van der Waals surface area contributed by atoms with Crippen molar-refractivity contribution in [1.29, 1.82) is 0 Å². The Morgan fingerprint density at radius 1 is 1.50 bits per heavy atom. The van der Waals surface area contributed by atoms with Crippen molar-refractivity contribution >= 4 is 11.6 Å². The van der Waals surface area contributed by atoms with Crippen LogP contribution in [0.1, 0.15) is 32.3 Å². The zero-order valence-electron chi connectivity index (χ0n) is 11.1. The molecule has 4 N–H and O–H groups in total. The molecule has 1 amide bonds. The van der Waals surface area contributed by atoms with Gasteiger partial charge in [-0.1, -0.05) is 19.1 Å². The van der Waals surface area contributed by atoms with Crippen LogP contribution in [-0.2, 0) is 11.2 Å². The molecule has 0 saturated carbocycles. The van der Waals surface area contributed by atoms with Crippen LogP contribution in [-0.4, -0.2) is 23.2 Å². The normalized spacial score (nSPS) is 13.9. The minimum absolute atomic E-state index is 0.0455. The van der Waals surface area contributed by atoms with Gasteiger partial charge in [-0.15, -0.1) is 0 Å². The third-order valence-corrected chi connectivity index (χ3v) is 3.16. The van der Waals surface area contributed by atoms with Gasteiger partial charge in [-0.3, -0.25) is 4.79 Å². The number of amides is 1. The Morgan fingerprint density at radius 3 is 2.78 bits per heavy atom. The SMILES string of the molecule is CCC(C)(CO)NC(=O)CCc1cccc(N)c1. The fourth-order valence-electron chi connectivity index (χ4n) is 1.65. The second kappa shape index (κ2) is 6.40. The van der Waals surface area contributed by atoms with Crippen LogP contribution in [0.5, 0.6) is 0 Å². The van der Waals surface area contributed by atoms with Crippen molar-refractivity contribution in [2.75, 3.05) is 12.3 Å². The molecular formula is C14H22N2O2. The second-order valence-corrected chi connectivity index (χ2v) is 4.87. The summed E-state index contributed by atoms with van der Waals surface area (Å²) in [5.41, 5.74) is 6.91. The first-order valence-corrected chi connectivity index (χ1v) is 6.25. The summed E-state index contributed by atoms with van der Waals surface area (Å²) in [5, 5.41) is 12.1. The van der Waals surface area contributed by atoms with E-state index in [4.69, 9.17) is 5.73 Å². The number of nitrogen functional groups attached to an aromatic ring is 1. The quantitative estimate of drug-likeness (QED) is 0.669. The van der Waals surface area contributed by atoms with Gasteiger partial charge in [-0.05, 0) is 37.5 Å². The van der Waals surface area contributed by atoms with E-state index in [-0.39, 0.29) is 12.5 Å². The maximum atomic E-state index is 11.8. The number of aliphatic hydroxyl groups is 1. The zero-order chi connectivity index (χ0) is 13.6. The molecule has 1 atom stereocenters. The van der Waals surface area contributed by atoms with E-state index < -0.39 is 5.54 Å². The molecule has 0 heterocycles. The van der Waals surface area contributed by atoms with Crippen molar-refractivity contribution in [3.05, 3.63) is 29.8 Å². The van der Waals surface area contributed by atoms with E-state index in [1.807, 2.05) is 38.1 Å². The number of carbonyl (C=O) groups excluding carboxylic acids is 1. The van der Waals surface area contributed by atoms with E-state index in [1.165, 1.54) is 0 Å². The van der Waals surface area contributed by atoms with Gasteiger partial charge in [0.2, 0.25) is 5.91 Å². The Bertz CT molecular complexity index is 401. The number of hydrogen-bond donors (Lipinski definition) is 3. The van der Waals surface area contributed by atoms with Crippen LogP contribution >= 0.6 is 0 Å². The van der Waals surface area contributed by atoms with Crippen LogP contribution in [0.25, 0.3) is 0 Å². The summed E-state index contributed by atoms with van der Waals surface area (Å²) in [6, 6.07) is 7.53. The van der Waals surface area contributed by atoms with E-state index in [2.05, 4.69) is 5.32 Å². The van der Waals surface area contributed by atoms with Crippen LogP contribution in [0.3, 0.4) is 0 Å². The van der Waals surface area contributed by atoms with Crippen molar-refractivity contribution in [2.45, 2.75) is 38.6 Å². The summed E-state index contributed by atoms with van der Waals surface area (Å²) < 4.78 is 0. The second-order valence-electron chi connectivity index (χ2n) is 4.87. The lowest BCUT2D eigenvalue weighted by Crippen LogP contribution is -2.48. The average Bonchev–Trinajstić information content (AvgIpc) is 2.36. The number of nitrogens with two attached hydrogens (primary N) is 1.